The summed E-state index contributed by atoms with van der Waals surface area (Å²) in [6.45, 7) is 6.59. The lowest BCUT2D eigenvalue weighted by Gasteiger charge is -2.03. The molecule has 1 aliphatic carbocycles. The van der Waals surface area contributed by atoms with Crippen molar-refractivity contribution in [1.82, 2.24) is 0 Å². The van der Waals surface area contributed by atoms with Gasteiger partial charge in [0.05, 0.1) is 0 Å². The van der Waals surface area contributed by atoms with Crippen LogP contribution in [0, 0.1) is 5.92 Å². The Kier molecular flexibility index (Phi) is 2.31. The molecule has 0 amide bonds. The van der Waals surface area contributed by atoms with Gasteiger partial charge in [-0.25, -0.2) is 0 Å². The second kappa shape index (κ2) is 3.05. The molecule has 0 aliphatic heterocycles. The van der Waals surface area contributed by atoms with E-state index in [4.69, 9.17) is 0 Å². The minimum Gasteiger partial charge on any atom is -0.0842 e. The largest absolute Gasteiger partial charge is 0.0842 e. The van der Waals surface area contributed by atoms with E-state index < -0.39 is 0 Å². The Morgan fingerprint density at radius 2 is 2.00 bits per heavy atom. The van der Waals surface area contributed by atoms with E-state index in [0.717, 1.165) is 5.92 Å². The average Bonchev–Trinajstić information content (AvgIpc) is 2.30. The van der Waals surface area contributed by atoms with Crippen molar-refractivity contribution >= 4 is 0 Å². The van der Waals surface area contributed by atoms with Gasteiger partial charge in [-0.3, -0.25) is 0 Å². The highest BCUT2D eigenvalue weighted by atomic mass is 14.2. The molecule has 56 valence electrons. The predicted molar refractivity (Wildman–Crippen MR) is 45.9 cm³/mol. The summed E-state index contributed by atoms with van der Waals surface area (Å²) in [4.78, 5) is 0. The third-order valence-electron chi connectivity index (χ3n) is 2.41. The first-order valence-electron chi connectivity index (χ1n) is 4.11. The molecule has 1 aliphatic rings. The van der Waals surface area contributed by atoms with E-state index in [9.17, 15) is 0 Å². The Balaban J connectivity index is 2.84. The van der Waals surface area contributed by atoms with Crippen molar-refractivity contribution in [3.8, 4) is 0 Å². The summed E-state index contributed by atoms with van der Waals surface area (Å²) in [5, 5.41) is 0. The summed E-state index contributed by atoms with van der Waals surface area (Å²) in [5.74, 6) is 0.802. The van der Waals surface area contributed by atoms with E-state index in [-0.39, 0.29) is 0 Å². The number of rotatable bonds is 0. The molecule has 0 aromatic heterocycles. The third kappa shape index (κ3) is 1.16. The summed E-state index contributed by atoms with van der Waals surface area (Å²) in [6, 6.07) is 0. The van der Waals surface area contributed by atoms with Gasteiger partial charge in [-0.15, -0.1) is 0 Å². The number of hydrogen-bond acceptors (Lipinski definition) is 0. The number of allylic oxidation sites excluding steroid dienone is 4. The van der Waals surface area contributed by atoms with Gasteiger partial charge in [0.15, 0.2) is 0 Å². The van der Waals surface area contributed by atoms with E-state index in [1.165, 1.54) is 12.8 Å². The first kappa shape index (κ1) is 7.59. The van der Waals surface area contributed by atoms with Crippen LogP contribution < -0.4 is 0 Å². The fraction of sp³-hybridized carbons (Fsp3) is 0.600. The van der Waals surface area contributed by atoms with E-state index >= 15 is 0 Å². The molecule has 0 N–H and O–H groups in total. The van der Waals surface area contributed by atoms with Crippen LogP contribution in [0.2, 0.25) is 0 Å². The quantitative estimate of drug-likeness (QED) is 0.479. The van der Waals surface area contributed by atoms with Crippen LogP contribution in [0.5, 0.6) is 0 Å². The molecule has 0 radical (unpaired) electrons. The number of hydrogen-bond donors (Lipinski definition) is 0. The van der Waals surface area contributed by atoms with Crippen LogP contribution in [0.3, 0.4) is 0 Å². The molecule has 10 heavy (non-hydrogen) atoms. The zero-order chi connectivity index (χ0) is 7.56. The highest BCUT2D eigenvalue weighted by Crippen LogP contribution is 2.35. The van der Waals surface area contributed by atoms with E-state index in [1.54, 1.807) is 11.1 Å². The smallest absolute Gasteiger partial charge is 0.0188 e. The van der Waals surface area contributed by atoms with E-state index in [2.05, 4.69) is 32.9 Å². The van der Waals surface area contributed by atoms with Gasteiger partial charge >= 0.3 is 0 Å². The Morgan fingerprint density at radius 3 is 2.40 bits per heavy atom. The van der Waals surface area contributed by atoms with Gasteiger partial charge in [0.2, 0.25) is 0 Å². The van der Waals surface area contributed by atoms with Gasteiger partial charge < -0.3 is 0 Å². The lowest BCUT2D eigenvalue weighted by atomic mass is 10.0. The van der Waals surface area contributed by atoms with Crippen LogP contribution in [0.1, 0.15) is 33.6 Å². The van der Waals surface area contributed by atoms with Gasteiger partial charge in [0, 0.05) is 0 Å². The maximum atomic E-state index is 2.31. The Labute approximate surface area is 63.6 Å². The highest BCUT2D eigenvalue weighted by Gasteiger charge is 2.19. The van der Waals surface area contributed by atoms with Crippen LogP contribution in [0.25, 0.3) is 0 Å². The Bertz CT molecular complexity index is 172. The first-order valence-corrected chi connectivity index (χ1v) is 4.11. The maximum Gasteiger partial charge on any atom is -0.0188 e. The fourth-order valence-corrected chi connectivity index (χ4v) is 1.77. The summed E-state index contributed by atoms with van der Waals surface area (Å²) in [6.07, 6.45) is 7.14. The van der Waals surface area contributed by atoms with E-state index in [0.29, 0.717) is 0 Å². The molecule has 1 saturated carbocycles. The van der Waals surface area contributed by atoms with Crippen molar-refractivity contribution in [3.63, 3.8) is 0 Å². The summed E-state index contributed by atoms with van der Waals surface area (Å²) >= 11 is 0. The van der Waals surface area contributed by atoms with Gasteiger partial charge in [0.1, 0.15) is 0 Å². The molecular formula is C10H16. The molecule has 1 fully saturated rings. The first-order chi connectivity index (χ1) is 4.79. The van der Waals surface area contributed by atoms with Gasteiger partial charge in [-0.05, 0) is 43.8 Å². The fourth-order valence-electron chi connectivity index (χ4n) is 1.77. The van der Waals surface area contributed by atoms with Crippen molar-refractivity contribution in [3.05, 3.63) is 23.3 Å². The van der Waals surface area contributed by atoms with Gasteiger partial charge in [0.25, 0.3) is 0 Å². The van der Waals surface area contributed by atoms with Crippen molar-refractivity contribution < 1.29 is 0 Å². The second-order valence-corrected chi connectivity index (χ2v) is 3.00. The third-order valence-corrected chi connectivity index (χ3v) is 2.41. The summed E-state index contributed by atoms with van der Waals surface area (Å²) < 4.78 is 0. The molecule has 0 aromatic rings. The van der Waals surface area contributed by atoms with Crippen LogP contribution in [0.15, 0.2) is 23.3 Å². The topological polar surface area (TPSA) is 0 Å². The molecule has 0 bridgehead atoms. The molecule has 1 rings (SSSR count). The Morgan fingerprint density at radius 1 is 1.30 bits per heavy atom. The molecular weight excluding hydrogens is 120 g/mol. The molecule has 0 aromatic carbocycles. The summed E-state index contributed by atoms with van der Waals surface area (Å²) in [7, 11) is 0. The van der Waals surface area contributed by atoms with E-state index in [1.807, 2.05) is 0 Å². The standard InChI is InChI=1S/C10H16/c1-4-9-7-6-8(3)10(9)5-2/h4-5,8H,6-7H2,1-3H3/b9-4-,10-5-. The van der Waals surface area contributed by atoms with Crippen LogP contribution in [0.4, 0.5) is 0 Å². The van der Waals surface area contributed by atoms with Crippen molar-refractivity contribution in [2.45, 2.75) is 33.6 Å². The highest BCUT2D eigenvalue weighted by molar-refractivity contribution is 5.35. The monoisotopic (exact) mass is 136 g/mol. The van der Waals surface area contributed by atoms with Gasteiger partial charge in [-0.2, -0.15) is 0 Å². The second-order valence-electron chi connectivity index (χ2n) is 3.00. The molecule has 0 spiro atoms. The zero-order valence-electron chi connectivity index (χ0n) is 7.15. The van der Waals surface area contributed by atoms with Crippen LogP contribution >= 0.6 is 0 Å². The molecule has 0 nitrogen and oxygen atoms in total. The molecule has 0 heteroatoms. The minimum atomic E-state index is 0.802. The average molecular weight is 136 g/mol. The predicted octanol–water partition coefficient (Wildman–Crippen LogP) is 3.31. The lowest BCUT2D eigenvalue weighted by molar-refractivity contribution is 0.696. The molecule has 0 heterocycles. The Hall–Kier alpha value is -0.520. The van der Waals surface area contributed by atoms with Crippen molar-refractivity contribution in [2.24, 2.45) is 5.92 Å². The summed E-state index contributed by atoms with van der Waals surface area (Å²) in [5.41, 5.74) is 3.14. The van der Waals surface area contributed by atoms with Gasteiger partial charge in [-0.1, -0.05) is 19.1 Å². The minimum absolute atomic E-state index is 0.802. The zero-order valence-corrected chi connectivity index (χ0v) is 7.15. The SMILES string of the molecule is C/C=C1/CCC(C)/C1=C/C. The molecule has 1 unspecified atom stereocenters. The van der Waals surface area contributed by atoms with Crippen LogP contribution in [-0.4, -0.2) is 0 Å². The normalized spacial score (nSPS) is 34.1. The maximum absolute atomic E-state index is 2.31. The molecule has 0 saturated heterocycles. The van der Waals surface area contributed by atoms with Crippen LogP contribution in [-0.2, 0) is 0 Å². The van der Waals surface area contributed by atoms with Crippen molar-refractivity contribution in [2.75, 3.05) is 0 Å². The molecule has 1 atom stereocenters. The van der Waals surface area contributed by atoms with Crippen molar-refractivity contribution in [1.29, 1.82) is 0 Å². The lowest BCUT2D eigenvalue weighted by Crippen LogP contribution is -1.88.